The van der Waals surface area contributed by atoms with Crippen molar-refractivity contribution < 1.29 is 4.39 Å². The van der Waals surface area contributed by atoms with Crippen LogP contribution in [0.15, 0.2) is 33.4 Å². The van der Waals surface area contributed by atoms with Gasteiger partial charge in [0.1, 0.15) is 5.82 Å². The second-order valence-electron chi connectivity index (χ2n) is 4.97. The second kappa shape index (κ2) is 7.34. The van der Waals surface area contributed by atoms with Crippen LogP contribution < -0.4 is 5.32 Å². The first-order valence-corrected chi connectivity index (χ1v) is 8.49. The SMILES string of the molecule is CCCNC(Cc1cc(F)ccc1C)c1csc(Br)c1. The van der Waals surface area contributed by atoms with Gasteiger partial charge >= 0.3 is 0 Å². The van der Waals surface area contributed by atoms with Crippen molar-refractivity contribution in [2.24, 2.45) is 0 Å². The van der Waals surface area contributed by atoms with Crippen molar-refractivity contribution in [2.45, 2.75) is 32.7 Å². The fourth-order valence-corrected chi connectivity index (χ4v) is 3.44. The highest BCUT2D eigenvalue weighted by Crippen LogP contribution is 2.28. The third-order valence-electron chi connectivity index (χ3n) is 3.37. The molecule has 0 radical (unpaired) electrons. The summed E-state index contributed by atoms with van der Waals surface area (Å²) in [6.45, 7) is 5.16. The quantitative estimate of drug-likeness (QED) is 0.746. The van der Waals surface area contributed by atoms with E-state index in [4.69, 9.17) is 0 Å². The molecule has 0 spiro atoms. The molecule has 0 saturated heterocycles. The van der Waals surface area contributed by atoms with Crippen LogP contribution in [0.4, 0.5) is 4.39 Å². The second-order valence-corrected chi connectivity index (χ2v) is 7.26. The molecule has 0 bridgehead atoms. The lowest BCUT2D eigenvalue weighted by Gasteiger charge is -2.19. The van der Waals surface area contributed by atoms with Gasteiger partial charge in [-0.3, -0.25) is 0 Å². The van der Waals surface area contributed by atoms with Gasteiger partial charge in [0.2, 0.25) is 0 Å². The molecule has 1 aromatic carbocycles. The molecule has 2 rings (SSSR count). The van der Waals surface area contributed by atoms with Crippen LogP contribution >= 0.6 is 27.3 Å². The summed E-state index contributed by atoms with van der Waals surface area (Å²) in [5, 5.41) is 5.72. The number of rotatable bonds is 6. The van der Waals surface area contributed by atoms with Crippen LogP contribution in [0.3, 0.4) is 0 Å². The Labute approximate surface area is 132 Å². The van der Waals surface area contributed by atoms with Crippen LogP contribution in [0.1, 0.15) is 36.1 Å². The van der Waals surface area contributed by atoms with E-state index in [2.05, 4.69) is 39.6 Å². The maximum atomic E-state index is 13.4. The zero-order valence-electron chi connectivity index (χ0n) is 11.7. The normalized spacial score (nSPS) is 12.6. The molecule has 1 aromatic heterocycles. The van der Waals surface area contributed by atoms with Crippen molar-refractivity contribution in [3.8, 4) is 0 Å². The van der Waals surface area contributed by atoms with Crippen LogP contribution in [0.25, 0.3) is 0 Å². The summed E-state index contributed by atoms with van der Waals surface area (Å²) in [5.41, 5.74) is 3.48. The number of thiophene rings is 1. The lowest BCUT2D eigenvalue weighted by molar-refractivity contribution is 0.527. The summed E-state index contributed by atoms with van der Waals surface area (Å²) in [4.78, 5) is 0. The van der Waals surface area contributed by atoms with E-state index < -0.39 is 0 Å². The molecule has 0 fully saturated rings. The molecule has 108 valence electrons. The van der Waals surface area contributed by atoms with Crippen LogP contribution in [0.2, 0.25) is 0 Å². The van der Waals surface area contributed by atoms with Crippen molar-refractivity contribution in [3.05, 3.63) is 55.9 Å². The maximum absolute atomic E-state index is 13.4. The topological polar surface area (TPSA) is 12.0 Å². The minimum atomic E-state index is -0.161. The number of aryl methyl sites for hydroxylation is 1. The minimum Gasteiger partial charge on any atom is -0.310 e. The smallest absolute Gasteiger partial charge is 0.123 e. The fraction of sp³-hybridized carbons (Fsp3) is 0.375. The van der Waals surface area contributed by atoms with Crippen LogP contribution in [-0.2, 0) is 6.42 Å². The van der Waals surface area contributed by atoms with Crippen molar-refractivity contribution in [1.29, 1.82) is 0 Å². The molecule has 0 aliphatic rings. The lowest BCUT2D eigenvalue weighted by atomic mass is 9.97. The monoisotopic (exact) mass is 355 g/mol. The van der Waals surface area contributed by atoms with Crippen LogP contribution in [0.5, 0.6) is 0 Å². The third kappa shape index (κ3) is 4.14. The highest BCUT2D eigenvalue weighted by atomic mass is 79.9. The van der Waals surface area contributed by atoms with Gasteiger partial charge in [0.15, 0.2) is 0 Å². The molecule has 1 heterocycles. The van der Waals surface area contributed by atoms with Gasteiger partial charge in [-0.25, -0.2) is 4.39 Å². The average Bonchev–Trinajstić information content (AvgIpc) is 2.85. The van der Waals surface area contributed by atoms with Gasteiger partial charge in [0, 0.05) is 6.04 Å². The molecule has 4 heteroatoms. The molecule has 1 N–H and O–H groups in total. The zero-order chi connectivity index (χ0) is 14.5. The molecule has 0 amide bonds. The highest BCUT2D eigenvalue weighted by molar-refractivity contribution is 9.11. The first-order valence-electron chi connectivity index (χ1n) is 6.82. The molecule has 0 aliphatic carbocycles. The van der Waals surface area contributed by atoms with Crippen molar-refractivity contribution >= 4 is 27.3 Å². The van der Waals surface area contributed by atoms with Crippen molar-refractivity contribution in [2.75, 3.05) is 6.54 Å². The average molecular weight is 356 g/mol. The molecular formula is C16H19BrFNS. The van der Waals surface area contributed by atoms with Crippen molar-refractivity contribution in [1.82, 2.24) is 5.32 Å². The fourth-order valence-electron chi connectivity index (χ4n) is 2.21. The largest absolute Gasteiger partial charge is 0.310 e. The number of halogens is 2. The Hall–Kier alpha value is -0.710. The molecule has 1 atom stereocenters. The molecule has 1 nitrogen and oxygen atoms in total. The molecular weight excluding hydrogens is 337 g/mol. The van der Waals surface area contributed by atoms with Gasteiger partial charge in [-0.1, -0.05) is 13.0 Å². The Morgan fingerprint density at radius 1 is 1.35 bits per heavy atom. The number of nitrogens with one attached hydrogen (secondary N) is 1. The Morgan fingerprint density at radius 3 is 2.80 bits per heavy atom. The molecule has 20 heavy (non-hydrogen) atoms. The maximum Gasteiger partial charge on any atom is 0.123 e. The summed E-state index contributed by atoms with van der Waals surface area (Å²) in [6, 6.07) is 7.40. The van der Waals surface area contributed by atoms with Gasteiger partial charge in [-0.2, -0.15) is 0 Å². The summed E-state index contributed by atoms with van der Waals surface area (Å²) in [7, 11) is 0. The molecule has 0 aliphatic heterocycles. The Morgan fingerprint density at radius 2 is 2.15 bits per heavy atom. The number of benzene rings is 1. The van der Waals surface area contributed by atoms with E-state index in [9.17, 15) is 4.39 Å². The van der Waals surface area contributed by atoms with E-state index in [0.717, 1.165) is 34.3 Å². The predicted octanol–water partition coefficient (Wildman–Crippen LogP) is 5.24. The van der Waals surface area contributed by atoms with E-state index in [-0.39, 0.29) is 11.9 Å². The van der Waals surface area contributed by atoms with Gasteiger partial charge in [-0.05, 0) is 82.5 Å². The van der Waals surface area contributed by atoms with Crippen LogP contribution in [-0.4, -0.2) is 6.54 Å². The van der Waals surface area contributed by atoms with E-state index in [0.29, 0.717) is 0 Å². The number of hydrogen-bond donors (Lipinski definition) is 1. The third-order valence-corrected chi connectivity index (χ3v) is 4.89. The van der Waals surface area contributed by atoms with Gasteiger partial charge < -0.3 is 5.32 Å². The summed E-state index contributed by atoms with van der Waals surface area (Å²) >= 11 is 5.20. The Balaban J connectivity index is 2.21. The molecule has 1 unspecified atom stereocenters. The van der Waals surface area contributed by atoms with Gasteiger partial charge in [-0.15, -0.1) is 11.3 Å². The lowest BCUT2D eigenvalue weighted by Crippen LogP contribution is -2.24. The van der Waals surface area contributed by atoms with E-state index in [1.54, 1.807) is 17.4 Å². The first kappa shape index (κ1) is 15.7. The molecule has 2 aromatic rings. The van der Waals surface area contributed by atoms with Gasteiger partial charge in [0.05, 0.1) is 3.79 Å². The van der Waals surface area contributed by atoms with E-state index >= 15 is 0 Å². The first-order chi connectivity index (χ1) is 9.60. The Kier molecular flexibility index (Phi) is 5.75. The predicted molar refractivity (Wildman–Crippen MR) is 87.9 cm³/mol. The highest BCUT2D eigenvalue weighted by Gasteiger charge is 2.14. The standard InChI is InChI=1S/C16H19BrFNS/c1-3-6-19-15(13-9-16(17)20-10-13)8-12-7-14(18)5-4-11(12)2/h4-5,7,9-10,15,19H,3,6,8H2,1-2H3. The van der Waals surface area contributed by atoms with Crippen molar-refractivity contribution in [3.63, 3.8) is 0 Å². The zero-order valence-corrected chi connectivity index (χ0v) is 14.2. The Bertz CT molecular complexity index is 567. The van der Waals surface area contributed by atoms with Crippen LogP contribution in [0, 0.1) is 12.7 Å². The molecule has 0 saturated carbocycles. The van der Waals surface area contributed by atoms with E-state index in [1.807, 2.05) is 13.0 Å². The minimum absolute atomic E-state index is 0.161. The van der Waals surface area contributed by atoms with E-state index in [1.165, 1.54) is 11.6 Å². The van der Waals surface area contributed by atoms with Gasteiger partial charge in [0.25, 0.3) is 0 Å². The summed E-state index contributed by atoms with van der Waals surface area (Å²) < 4.78 is 14.6. The summed E-state index contributed by atoms with van der Waals surface area (Å²) in [6.07, 6.45) is 1.90. The summed E-state index contributed by atoms with van der Waals surface area (Å²) in [5.74, 6) is -0.161. The number of hydrogen-bond acceptors (Lipinski definition) is 2.